The van der Waals surface area contributed by atoms with Crippen LogP contribution in [0.2, 0.25) is 0 Å². The third-order valence-electron chi connectivity index (χ3n) is 3.86. The number of nitrogens with zero attached hydrogens (tertiary/aromatic N) is 5. The van der Waals surface area contributed by atoms with Crippen LogP contribution in [-0.4, -0.2) is 57.2 Å². The van der Waals surface area contributed by atoms with Gasteiger partial charge in [-0.15, -0.1) is 0 Å². The van der Waals surface area contributed by atoms with Gasteiger partial charge in [0.15, 0.2) is 5.82 Å². The molecule has 1 aliphatic heterocycles. The molecule has 1 atom stereocenters. The quantitative estimate of drug-likeness (QED) is 0.793. The topological polar surface area (TPSA) is 110 Å². The summed E-state index contributed by atoms with van der Waals surface area (Å²) in [7, 11) is -3.37. The lowest BCUT2D eigenvalue weighted by molar-refractivity contribution is -0.124. The van der Waals surface area contributed by atoms with Gasteiger partial charge >= 0.3 is 0 Å². The van der Waals surface area contributed by atoms with Gasteiger partial charge in [0.05, 0.1) is 6.26 Å². The van der Waals surface area contributed by atoms with E-state index in [4.69, 9.17) is 0 Å². The van der Waals surface area contributed by atoms with Crippen LogP contribution in [-0.2, 0) is 21.4 Å². The largest absolute Gasteiger partial charge is 0.351 e. The van der Waals surface area contributed by atoms with Crippen molar-refractivity contribution in [3.05, 3.63) is 36.5 Å². The second-order valence-corrected chi connectivity index (χ2v) is 7.55. The monoisotopic (exact) mass is 350 g/mol. The van der Waals surface area contributed by atoms with Crippen molar-refractivity contribution in [2.45, 2.75) is 25.4 Å². The van der Waals surface area contributed by atoms with E-state index in [1.165, 1.54) is 15.3 Å². The van der Waals surface area contributed by atoms with E-state index in [9.17, 15) is 13.2 Å². The normalized spacial score (nSPS) is 18.6. The summed E-state index contributed by atoms with van der Waals surface area (Å²) >= 11 is 0. The zero-order chi connectivity index (χ0) is 17.2. The summed E-state index contributed by atoms with van der Waals surface area (Å²) in [5.41, 5.74) is 0.816. The van der Waals surface area contributed by atoms with Crippen LogP contribution in [0, 0.1) is 0 Å². The Morgan fingerprint density at radius 1 is 1.42 bits per heavy atom. The molecule has 2 aromatic heterocycles. The van der Waals surface area contributed by atoms with Crippen molar-refractivity contribution in [3.63, 3.8) is 0 Å². The van der Waals surface area contributed by atoms with Crippen molar-refractivity contribution >= 4 is 15.9 Å². The molecule has 3 heterocycles. The molecule has 1 unspecified atom stereocenters. The van der Waals surface area contributed by atoms with Crippen LogP contribution in [0.5, 0.6) is 0 Å². The number of hydrogen-bond acceptors (Lipinski definition) is 6. The van der Waals surface area contributed by atoms with Crippen LogP contribution in [0.15, 0.2) is 31.0 Å². The summed E-state index contributed by atoms with van der Waals surface area (Å²) in [5, 5.41) is 6.76. The van der Waals surface area contributed by atoms with Crippen LogP contribution < -0.4 is 5.32 Å². The maximum atomic E-state index is 12.3. The van der Waals surface area contributed by atoms with E-state index in [1.54, 1.807) is 18.6 Å². The van der Waals surface area contributed by atoms with Crippen molar-refractivity contribution < 1.29 is 13.2 Å². The highest BCUT2D eigenvalue weighted by Gasteiger charge is 2.36. The minimum absolute atomic E-state index is 0.279. The summed E-state index contributed by atoms with van der Waals surface area (Å²) in [6.45, 7) is 0.683. The molecular formula is C14H18N6O3S. The Balaban J connectivity index is 1.60. The Kier molecular flexibility index (Phi) is 4.58. The van der Waals surface area contributed by atoms with Gasteiger partial charge in [0.1, 0.15) is 18.7 Å². The van der Waals surface area contributed by atoms with Gasteiger partial charge in [0.25, 0.3) is 0 Å². The molecule has 24 heavy (non-hydrogen) atoms. The first-order chi connectivity index (χ1) is 11.4. The minimum Gasteiger partial charge on any atom is -0.351 e. The fraction of sp³-hybridized carbons (Fsp3) is 0.429. The average Bonchev–Trinajstić information content (AvgIpc) is 3.23. The maximum absolute atomic E-state index is 12.3. The average molecular weight is 350 g/mol. The summed E-state index contributed by atoms with van der Waals surface area (Å²) in [6, 6.07) is 2.98. The molecule has 2 aromatic rings. The van der Waals surface area contributed by atoms with Crippen LogP contribution in [0.25, 0.3) is 5.82 Å². The first kappa shape index (κ1) is 16.5. The van der Waals surface area contributed by atoms with Crippen LogP contribution >= 0.6 is 0 Å². The van der Waals surface area contributed by atoms with Gasteiger partial charge in [-0.2, -0.15) is 9.40 Å². The van der Waals surface area contributed by atoms with Crippen molar-refractivity contribution in [2.75, 3.05) is 12.8 Å². The van der Waals surface area contributed by atoms with Gasteiger partial charge in [-0.1, -0.05) is 6.07 Å². The van der Waals surface area contributed by atoms with Gasteiger partial charge in [-0.3, -0.25) is 4.79 Å². The molecule has 1 saturated heterocycles. The number of amides is 1. The number of pyridine rings is 1. The van der Waals surface area contributed by atoms with Crippen molar-refractivity contribution in [1.82, 2.24) is 29.4 Å². The van der Waals surface area contributed by atoms with Crippen molar-refractivity contribution in [1.29, 1.82) is 0 Å². The molecule has 0 aliphatic carbocycles. The minimum atomic E-state index is -3.37. The van der Waals surface area contributed by atoms with E-state index >= 15 is 0 Å². The van der Waals surface area contributed by atoms with Crippen LogP contribution in [0.4, 0.5) is 0 Å². The van der Waals surface area contributed by atoms with E-state index in [0.717, 1.165) is 11.8 Å². The molecule has 1 N–H and O–H groups in total. The molecule has 1 fully saturated rings. The van der Waals surface area contributed by atoms with Crippen molar-refractivity contribution in [3.8, 4) is 5.82 Å². The van der Waals surface area contributed by atoms with E-state index in [0.29, 0.717) is 25.2 Å². The predicted octanol–water partition coefficient (Wildman–Crippen LogP) is -0.297. The Hall–Kier alpha value is -2.33. The molecule has 128 valence electrons. The number of carbonyl (C=O) groups is 1. The molecule has 1 aliphatic rings. The molecule has 0 bridgehead atoms. The SMILES string of the molecule is CS(=O)(=O)N1CCCC1C(=O)NCc1ccc(-n2cncn2)nc1. The fourth-order valence-electron chi connectivity index (χ4n) is 2.69. The first-order valence-electron chi connectivity index (χ1n) is 7.49. The highest BCUT2D eigenvalue weighted by Crippen LogP contribution is 2.20. The zero-order valence-electron chi connectivity index (χ0n) is 13.2. The predicted molar refractivity (Wildman–Crippen MR) is 85.6 cm³/mol. The number of sulfonamides is 1. The molecule has 3 rings (SSSR count). The Morgan fingerprint density at radius 2 is 2.25 bits per heavy atom. The first-order valence-corrected chi connectivity index (χ1v) is 9.34. The lowest BCUT2D eigenvalue weighted by atomic mass is 10.2. The fourth-order valence-corrected chi connectivity index (χ4v) is 3.81. The number of aromatic nitrogens is 4. The van der Waals surface area contributed by atoms with Crippen LogP contribution in [0.1, 0.15) is 18.4 Å². The Bertz CT molecular complexity index is 804. The van der Waals surface area contributed by atoms with E-state index < -0.39 is 16.1 Å². The molecule has 0 saturated carbocycles. The molecule has 9 nitrogen and oxygen atoms in total. The molecule has 0 aromatic carbocycles. The van der Waals surface area contributed by atoms with Gasteiger partial charge in [-0.25, -0.2) is 23.1 Å². The highest BCUT2D eigenvalue weighted by atomic mass is 32.2. The lowest BCUT2D eigenvalue weighted by Crippen LogP contribution is -2.45. The van der Waals surface area contributed by atoms with Gasteiger partial charge in [-0.05, 0) is 24.5 Å². The van der Waals surface area contributed by atoms with Gasteiger partial charge in [0.2, 0.25) is 15.9 Å². The maximum Gasteiger partial charge on any atom is 0.238 e. The third-order valence-corrected chi connectivity index (χ3v) is 5.15. The highest BCUT2D eigenvalue weighted by molar-refractivity contribution is 7.88. The summed E-state index contributed by atoms with van der Waals surface area (Å²) in [4.78, 5) is 20.4. The lowest BCUT2D eigenvalue weighted by Gasteiger charge is -2.21. The Labute approximate surface area is 139 Å². The summed E-state index contributed by atoms with van der Waals surface area (Å²) in [6.07, 6.45) is 6.97. The molecule has 1 amide bonds. The van der Waals surface area contributed by atoms with Gasteiger partial charge < -0.3 is 5.32 Å². The van der Waals surface area contributed by atoms with Crippen molar-refractivity contribution in [2.24, 2.45) is 0 Å². The third kappa shape index (κ3) is 3.60. The number of nitrogens with one attached hydrogen (secondary N) is 1. The number of carbonyl (C=O) groups excluding carboxylic acids is 1. The summed E-state index contributed by atoms with van der Waals surface area (Å²) in [5.74, 6) is 0.347. The number of hydrogen-bond donors (Lipinski definition) is 1. The van der Waals surface area contributed by atoms with E-state index in [1.807, 2.05) is 6.07 Å². The van der Waals surface area contributed by atoms with Crippen LogP contribution in [0.3, 0.4) is 0 Å². The van der Waals surface area contributed by atoms with E-state index in [-0.39, 0.29) is 12.5 Å². The standard InChI is InChI=1S/C14H18N6O3S/c1-24(22,23)20-6-2-3-12(20)14(21)17-8-11-4-5-13(16-7-11)19-10-15-9-18-19/h4-5,7,9-10,12H,2-3,6,8H2,1H3,(H,17,21). The molecule has 0 radical (unpaired) electrons. The smallest absolute Gasteiger partial charge is 0.238 e. The number of rotatable bonds is 5. The van der Waals surface area contributed by atoms with E-state index in [2.05, 4.69) is 20.4 Å². The second-order valence-electron chi connectivity index (χ2n) is 5.61. The molecular weight excluding hydrogens is 332 g/mol. The Morgan fingerprint density at radius 3 is 2.88 bits per heavy atom. The summed E-state index contributed by atoms with van der Waals surface area (Å²) < 4.78 is 26.2. The zero-order valence-corrected chi connectivity index (χ0v) is 14.0. The molecule has 0 spiro atoms. The molecule has 10 heteroatoms. The van der Waals surface area contributed by atoms with Gasteiger partial charge in [0, 0.05) is 19.3 Å². The second kappa shape index (κ2) is 6.65.